The summed E-state index contributed by atoms with van der Waals surface area (Å²) in [6, 6.07) is 13.2. The topological polar surface area (TPSA) is 82.3 Å². The lowest BCUT2D eigenvalue weighted by Crippen LogP contribution is -2.24. The van der Waals surface area contributed by atoms with Gasteiger partial charge in [0.1, 0.15) is 0 Å². The fourth-order valence-electron chi connectivity index (χ4n) is 2.82. The van der Waals surface area contributed by atoms with Gasteiger partial charge in [-0.25, -0.2) is 0 Å². The molecule has 6 heteroatoms. The zero-order chi connectivity index (χ0) is 21.0. The first-order valence-corrected chi connectivity index (χ1v) is 9.54. The third-order valence-corrected chi connectivity index (χ3v) is 4.79. The van der Waals surface area contributed by atoms with Crippen molar-refractivity contribution in [1.29, 1.82) is 0 Å². The van der Waals surface area contributed by atoms with E-state index >= 15 is 0 Å². The van der Waals surface area contributed by atoms with Gasteiger partial charge < -0.3 is 9.26 Å². The Labute approximate surface area is 169 Å². The molecule has 1 aromatic heterocycles. The van der Waals surface area contributed by atoms with Gasteiger partial charge in [-0.15, -0.1) is 0 Å². The molecule has 6 nitrogen and oxygen atoms in total. The van der Waals surface area contributed by atoms with E-state index in [0.29, 0.717) is 17.3 Å². The monoisotopic (exact) mass is 392 g/mol. The number of rotatable bonds is 7. The van der Waals surface area contributed by atoms with Crippen LogP contribution in [0.1, 0.15) is 46.3 Å². The normalized spacial score (nSPS) is 11.9. The Morgan fingerprint density at radius 1 is 1.03 bits per heavy atom. The molecule has 0 aliphatic carbocycles. The van der Waals surface area contributed by atoms with Gasteiger partial charge in [0.25, 0.3) is 0 Å². The molecule has 2 aromatic carbocycles. The number of nitrogens with zero attached hydrogens (tertiary/aromatic N) is 2. The maximum Gasteiger partial charge on any atom is 0.307 e. The van der Waals surface area contributed by atoms with Crippen molar-refractivity contribution in [2.75, 3.05) is 0 Å². The van der Waals surface area contributed by atoms with Crippen molar-refractivity contribution in [3.63, 3.8) is 0 Å². The SMILES string of the molecule is Cc1ccc(-c2noc(CCC(=O)OC(C)C(=O)c3ccc(C)c(C)c3)n2)cc1. The van der Waals surface area contributed by atoms with Crippen LogP contribution in [0.15, 0.2) is 47.0 Å². The van der Waals surface area contributed by atoms with Gasteiger partial charge in [0.15, 0.2) is 6.10 Å². The molecular weight excluding hydrogens is 368 g/mol. The number of ether oxygens (including phenoxy) is 1. The summed E-state index contributed by atoms with van der Waals surface area (Å²) in [6.07, 6.45) is -0.544. The highest BCUT2D eigenvalue weighted by atomic mass is 16.5. The number of carbonyl (C=O) groups is 2. The Balaban J connectivity index is 1.53. The Hall–Kier alpha value is -3.28. The number of esters is 1. The van der Waals surface area contributed by atoms with Crippen LogP contribution in [-0.4, -0.2) is 28.0 Å². The molecule has 1 atom stereocenters. The molecule has 150 valence electrons. The molecule has 3 aromatic rings. The van der Waals surface area contributed by atoms with Gasteiger partial charge in [0, 0.05) is 17.5 Å². The highest BCUT2D eigenvalue weighted by Crippen LogP contribution is 2.17. The summed E-state index contributed by atoms with van der Waals surface area (Å²) in [5.74, 6) is 0.128. The molecule has 1 unspecified atom stereocenters. The third kappa shape index (κ3) is 5.16. The zero-order valence-electron chi connectivity index (χ0n) is 17.1. The lowest BCUT2D eigenvalue weighted by atomic mass is 10.0. The summed E-state index contributed by atoms with van der Waals surface area (Å²) in [5.41, 5.74) is 4.66. The summed E-state index contributed by atoms with van der Waals surface area (Å²) in [7, 11) is 0. The number of carbonyl (C=O) groups excluding carboxylic acids is 2. The predicted octanol–water partition coefficient (Wildman–Crippen LogP) is 4.41. The van der Waals surface area contributed by atoms with Crippen molar-refractivity contribution in [2.45, 2.75) is 46.6 Å². The van der Waals surface area contributed by atoms with E-state index in [4.69, 9.17) is 9.26 Å². The van der Waals surface area contributed by atoms with Crippen molar-refractivity contribution < 1.29 is 18.8 Å². The second kappa shape index (κ2) is 8.82. The predicted molar refractivity (Wildman–Crippen MR) is 109 cm³/mol. The molecule has 0 bridgehead atoms. The lowest BCUT2D eigenvalue weighted by Gasteiger charge is -2.13. The van der Waals surface area contributed by atoms with Crippen molar-refractivity contribution in [3.05, 3.63) is 70.6 Å². The van der Waals surface area contributed by atoms with Crippen LogP contribution >= 0.6 is 0 Å². The number of hydrogen-bond acceptors (Lipinski definition) is 6. The minimum atomic E-state index is -0.851. The van der Waals surface area contributed by atoms with Crippen LogP contribution < -0.4 is 0 Å². The van der Waals surface area contributed by atoms with Gasteiger partial charge in [-0.1, -0.05) is 47.1 Å². The van der Waals surface area contributed by atoms with Crippen LogP contribution in [0, 0.1) is 20.8 Å². The molecule has 0 amide bonds. The van der Waals surface area contributed by atoms with Crippen molar-refractivity contribution in [1.82, 2.24) is 10.1 Å². The summed E-state index contributed by atoms with van der Waals surface area (Å²) >= 11 is 0. The van der Waals surface area contributed by atoms with Crippen molar-refractivity contribution in [3.8, 4) is 11.4 Å². The number of ketones is 1. The van der Waals surface area contributed by atoms with Gasteiger partial charge in [-0.05, 0) is 44.9 Å². The van der Waals surface area contributed by atoms with Gasteiger partial charge in [-0.2, -0.15) is 4.98 Å². The maximum absolute atomic E-state index is 12.5. The van der Waals surface area contributed by atoms with Gasteiger partial charge in [0.2, 0.25) is 17.5 Å². The van der Waals surface area contributed by atoms with E-state index < -0.39 is 12.1 Å². The molecule has 3 rings (SSSR count). The first-order valence-electron chi connectivity index (χ1n) is 9.54. The standard InChI is InChI=1S/C23H24N2O4/c1-14-5-8-18(9-6-14)23-24-20(29-25-23)11-12-21(26)28-17(4)22(27)19-10-7-15(2)16(3)13-19/h5-10,13,17H,11-12H2,1-4H3. The fraction of sp³-hybridized carbons (Fsp3) is 0.304. The first kappa shape index (κ1) is 20.5. The number of benzene rings is 2. The first-order chi connectivity index (χ1) is 13.8. The van der Waals surface area contributed by atoms with Crippen LogP contribution in [0.25, 0.3) is 11.4 Å². The Morgan fingerprint density at radius 3 is 2.45 bits per heavy atom. The van der Waals surface area contributed by atoms with E-state index in [0.717, 1.165) is 22.3 Å². The Kier molecular flexibility index (Phi) is 6.22. The van der Waals surface area contributed by atoms with E-state index in [-0.39, 0.29) is 18.6 Å². The molecular formula is C23H24N2O4. The maximum atomic E-state index is 12.5. The van der Waals surface area contributed by atoms with E-state index in [9.17, 15) is 9.59 Å². The van der Waals surface area contributed by atoms with E-state index in [2.05, 4.69) is 10.1 Å². The molecule has 0 radical (unpaired) electrons. The largest absolute Gasteiger partial charge is 0.454 e. The molecule has 0 spiro atoms. The average molecular weight is 392 g/mol. The summed E-state index contributed by atoms with van der Waals surface area (Å²) in [6.45, 7) is 7.51. The molecule has 0 aliphatic rings. The zero-order valence-corrected chi connectivity index (χ0v) is 17.1. The van der Waals surface area contributed by atoms with Crippen molar-refractivity contribution in [2.24, 2.45) is 0 Å². The second-order valence-electron chi connectivity index (χ2n) is 7.17. The van der Waals surface area contributed by atoms with Crippen LogP contribution in [-0.2, 0) is 16.0 Å². The Bertz CT molecular complexity index is 1020. The van der Waals surface area contributed by atoms with Gasteiger partial charge in [0.05, 0.1) is 6.42 Å². The van der Waals surface area contributed by atoms with E-state index in [1.807, 2.05) is 57.2 Å². The summed E-state index contributed by atoms with van der Waals surface area (Å²) in [4.78, 5) is 28.9. The van der Waals surface area contributed by atoms with E-state index in [1.165, 1.54) is 0 Å². The quantitative estimate of drug-likeness (QED) is 0.438. The van der Waals surface area contributed by atoms with Crippen molar-refractivity contribution >= 4 is 11.8 Å². The highest BCUT2D eigenvalue weighted by Gasteiger charge is 2.20. The molecule has 29 heavy (non-hydrogen) atoms. The summed E-state index contributed by atoms with van der Waals surface area (Å²) < 4.78 is 10.5. The fourth-order valence-corrected chi connectivity index (χ4v) is 2.82. The summed E-state index contributed by atoms with van der Waals surface area (Å²) in [5, 5.41) is 3.95. The second-order valence-corrected chi connectivity index (χ2v) is 7.17. The smallest absolute Gasteiger partial charge is 0.307 e. The van der Waals surface area contributed by atoms with E-state index in [1.54, 1.807) is 13.0 Å². The Morgan fingerprint density at radius 2 is 1.76 bits per heavy atom. The lowest BCUT2D eigenvalue weighted by molar-refractivity contribution is -0.146. The van der Waals surface area contributed by atoms with Crippen LogP contribution in [0.4, 0.5) is 0 Å². The molecule has 1 heterocycles. The minimum Gasteiger partial charge on any atom is -0.454 e. The highest BCUT2D eigenvalue weighted by molar-refractivity contribution is 6.00. The number of aryl methyl sites for hydroxylation is 4. The average Bonchev–Trinajstić information content (AvgIpc) is 3.17. The van der Waals surface area contributed by atoms with Crippen LogP contribution in [0.5, 0.6) is 0 Å². The molecule has 0 aliphatic heterocycles. The molecule has 0 saturated heterocycles. The number of Topliss-reactive ketones (excluding diaryl/α,β-unsaturated/α-hetero) is 1. The minimum absolute atomic E-state index is 0.0556. The van der Waals surface area contributed by atoms with Gasteiger partial charge >= 0.3 is 5.97 Å². The third-order valence-electron chi connectivity index (χ3n) is 4.79. The van der Waals surface area contributed by atoms with Crippen LogP contribution in [0.2, 0.25) is 0 Å². The molecule has 0 fully saturated rings. The molecule has 0 saturated carbocycles. The number of hydrogen-bond donors (Lipinski definition) is 0. The molecule has 0 N–H and O–H groups in total. The van der Waals surface area contributed by atoms with Gasteiger partial charge in [-0.3, -0.25) is 9.59 Å². The van der Waals surface area contributed by atoms with Crippen LogP contribution in [0.3, 0.4) is 0 Å². The number of aromatic nitrogens is 2.